The topological polar surface area (TPSA) is 94.2 Å². The Balaban J connectivity index is 1.59. The first-order valence-electron chi connectivity index (χ1n) is 9.19. The number of hydrogen-bond acceptors (Lipinski definition) is 7. The summed E-state index contributed by atoms with van der Waals surface area (Å²) >= 11 is 0. The zero-order valence-electron chi connectivity index (χ0n) is 16.0. The fourth-order valence-corrected chi connectivity index (χ4v) is 3.44. The largest absolute Gasteiger partial charge is 0.436 e. The van der Waals surface area contributed by atoms with Gasteiger partial charge in [-0.15, -0.1) is 0 Å². The Kier molecular flexibility index (Phi) is 4.77. The van der Waals surface area contributed by atoms with Crippen molar-refractivity contribution in [2.24, 2.45) is 0 Å². The van der Waals surface area contributed by atoms with Crippen LogP contribution in [0.5, 0.6) is 11.6 Å². The minimum Gasteiger partial charge on any atom is -0.436 e. The molecule has 0 bridgehead atoms. The number of amides is 1. The molecule has 1 atom stereocenters. The van der Waals surface area contributed by atoms with Gasteiger partial charge >= 0.3 is 0 Å². The van der Waals surface area contributed by atoms with Crippen molar-refractivity contribution in [3.63, 3.8) is 0 Å². The van der Waals surface area contributed by atoms with Crippen LogP contribution in [0.2, 0.25) is 0 Å². The van der Waals surface area contributed by atoms with Gasteiger partial charge in [-0.1, -0.05) is 0 Å². The van der Waals surface area contributed by atoms with Gasteiger partial charge in [0.05, 0.1) is 35.5 Å². The molecule has 0 aliphatic carbocycles. The van der Waals surface area contributed by atoms with Gasteiger partial charge in [-0.05, 0) is 38.8 Å². The van der Waals surface area contributed by atoms with Crippen molar-refractivity contribution in [3.05, 3.63) is 59.5 Å². The van der Waals surface area contributed by atoms with E-state index in [-0.39, 0.29) is 17.7 Å². The van der Waals surface area contributed by atoms with Gasteiger partial charge in [0.1, 0.15) is 0 Å². The summed E-state index contributed by atoms with van der Waals surface area (Å²) in [5.74, 6) is 1.60. The third-order valence-electron chi connectivity index (χ3n) is 4.76. The molecule has 1 unspecified atom stereocenters. The normalized spacial score (nSPS) is 16.4. The molecule has 4 heterocycles. The first-order valence-corrected chi connectivity index (χ1v) is 9.19. The van der Waals surface area contributed by atoms with Crippen molar-refractivity contribution in [2.45, 2.75) is 39.7 Å². The van der Waals surface area contributed by atoms with E-state index < -0.39 is 0 Å². The maximum atomic E-state index is 13.0. The van der Waals surface area contributed by atoms with Gasteiger partial charge < -0.3 is 14.1 Å². The van der Waals surface area contributed by atoms with Crippen LogP contribution in [-0.4, -0.2) is 37.3 Å². The number of hydrogen-bond donors (Lipinski definition) is 0. The van der Waals surface area contributed by atoms with Gasteiger partial charge in [0.25, 0.3) is 5.91 Å². The van der Waals surface area contributed by atoms with Crippen LogP contribution in [0.1, 0.15) is 52.4 Å². The van der Waals surface area contributed by atoms with E-state index in [4.69, 9.17) is 9.15 Å². The first-order chi connectivity index (χ1) is 13.5. The van der Waals surface area contributed by atoms with E-state index >= 15 is 0 Å². The standard InChI is InChI=1S/C20H21N5O3/c1-12-17(7-4-8-22-12)28-18-11-21-10-15(24-18)16-6-5-9-25(16)20(26)19-13(2)23-14(3)27-19/h4,7-8,10-11,16H,5-6,9H2,1-3H3. The minimum atomic E-state index is -0.177. The molecule has 8 heteroatoms. The van der Waals surface area contributed by atoms with Crippen molar-refractivity contribution < 1.29 is 13.9 Å². The molecular weight excluding hydrogens is 358 g/mol. The maximum Gasteiger partial charge on any atom is 0.292 e. The van der Waals surface area contributed by atoms with E-state index in [0.717, 1.165) is 18.5 Å². The van der Waals surface area contributed by atoms with Crippen molar-refractivity contribution in [1.82, 2.24) is 24.8 Å². The second-order valence-corrected chi connectivity index (χ2v) is 6.78. The number of likely N-dealkylation sites (tertiary alicyclic amines) is 1. The van der Waals surface area contributed by atoms with Crippen LogP contribution < -0.4 is 4.74 Å². The number of carbonyl (C=O) groups is 1. The van der Waals surface area contributed by atoms with E-state index in [1.165, 1.54) is 0 Å². The Morgan fingerprint density at radius 2 is 2.07 bits per heavy atom. The molecule has 0 aromatic carbocycles. The summed E-state index contributed by atoms with van der Waals surface area (Å²) in [4.78, 5) is 32.0. The summed E-state index contributed by atoms with van der Waals surface area (Å²) in [6, 6.07) is 3.46. The molecule has 4 rings (SSSR count). The molecule has 0 spiro atoms. The molecule has 144 valence electrons. The maximum absolute atomic E-state index is 13.0. The van der Waals surface area contributed by atoms with Gasteiger partial charge in [0.15, 0.2) is 11.6 Å². The summed E-state index contributed by atoms with van der Waals surface area (Å²) in [5, 5.41) is 0. The number of rotatable bonds is 4. The van der Waals surface area contributed by atoms with Crippen molar-refractivity contribution in [3.8, 4) is 11.6 Å². The minimum absolute atomic E-state index is 0.170. The third kappa shape index (κ3) is 3.45. The summed E-state index contributed by atoms with van der Waals surface area (Å²) < 4.78 is 11.4. The monoisotopic (exact) mass is 379 g/mol. The quantitative estimate of drug-likeness (QED) is 0.684. The molecule has 1 aliphatic rings. The van der Waals surface area contributed by atoms with E-state index in [0.29, 0.717) is 35.5 Å². The molecular formula is C20H21N5O3. The van der Waals surface area contributed by atoms with Gasteiger partial charge in [-0.25, -0.2) is 9.97 Å². The number of oxazole rings is 1. The zero-order chi connectivity index (χ0) is 19.7. The Labute approximate surface area is 162 Å². The Bertz CT molecular complexity index is 1020. The SMILES string of the molecule is Cc1nc(C)c(C(=O)N2CCCC2c2cncc(Oc3cccnc3C)n2)o1. The van der Waals surface area contributed by atoms with Gasteiger partial charge in [-0.2, -0.15) is 0 Å². The molecule has 8 nitrogen and oxygen atoms in total. The lowest BCUT2D eigenvalue weighted by Crippen LogP contribution is -2.31. The van der Waals surface area contributed by atoms with Crippen LogP contribution in [0.3, 0.4) is 0 Å². The molecule has 3 aromatic rings. The predicted molar refractivity (Wildman–Crippen MR) is 100 cm³/mol. The number of aryl methyl sites for hydroxylation is 3. The molecule has 3 aromatic heterocycles. The van der Waals surface area contributed by atoms with Crippen LogP contribution in [0, 0.1) is 20.8 Å². The lowest BCUT2D eigenvalue weighted by atomic mass is 10.1. The Hall–Kier alpha value is -3.29. The first kappa shape index (κ1) is 18.1. The van der Waals surface area contributed by atoms with E-state index in [9.17, 15) is 4.79 Å². The number of pyridine rings is 1. The van der Waals surface area contributed by atoms with Crippen LogP contribution >= 0.6 is 0 Å². The lowest BCUT2D eigenvalue weighted by Gasteiger charge is -2.23. The summed E-state index contributed by atoms with van der Waals surface area (Å²) in [6.07, 6.45) is 6.64. The second-order valence-electron chi connectivity index (χ2n) is 6.78. The number of aromatic nitrogens is 4. The average molecular weight is 379 g/mol. The highest BCUT2D eigenvalue weighted by Gasteiger charge is 2.34. The third-order valence-corrected chi connectivity index (χ3v) is 4.76. The van der Waals surface area contributed by atoms with E-state index in [2.05, 4.69) is 19.9 Å². The van der Waals surface area contributed by atoms with Crippen molar-refractivity contribution >= 4 is 5.91 Å². The summed E-state index contributed by atoms with van der Waals surface area (Å²) in [7, 11) is 0. The lowest BCUT2D eigenvalue weighted by molar-refractivity contribution is 0.0697. The molecule has 0 radical (unpaired) electrons. The van der Waals surface area contributed by atoms with Crippen molar-refractivity contribution in [2.75, 3.05) is 6.54 Å². The van der Waals surface area contributed by atoms with Crippen LogP contribution in [0.4, 0.5) is 0 Å². The summed E-state index contributed by atoms with van der Waals surface area (Å²) in [5.41, 5.74) is 2.06. The molecule has 0 saturated carbocycles. The summed E-state index contributed by atoms with van der Waals surface area (Å²) in [6.45, 7) is 6.01. The van der Waals surface area contributed by atoms with Crippen LogP contribution in [-0.2, 0) is 0 Å². The highest BCUT2D eigenvalue weighted by atomic mass is 16.5. The number of nitrogens with zero attached hydrogens (tertiary/aromatic N) is 5. The zero-order valence-corrected chi connectivity index (χ0v) is 16.0. The molecule has 1 fully saturated rings. The Morgan fingerprint density at radius 1 is 1.21 bits per heavy atom. The average Bonchev–Trinajstić information content (AvgIpc) is 3.30. The van der Waals surface area contributed by atoms with E-state index in [1.54, 1.807) is 43.4 Å². The van der Waals surface area contributed by atoms with Gasteiger partial charge in [0.2, 0.25) is 11.6 Å². The van der Waals surface area contributed by atoms with Crippen molar-refractivity contribution in [1.29, 1.82) is 0 Å². The highest BCUT2D eigenvalue weighted by Crippen LogP contribution is 2.33. The molecule has 1 saturated heterocycles. The van der Waals surface area contributed by atoms with Crippen LogP contribution in [0.25, 0.3) is 0 Å². The highest BCUT2D eigenvalue weighted by molar-refractivity contribution is 5.93. The second kappa shape index (κ2) is 7.38. The van der Waals surface area contributed by atoms with Crippen LogP contribution in [0.15, 0.2) is 35.1 Å². The predicted octanol–water partition coefficient (Wildman–Crippen LogP) is 3.55. The fraction of sp³-hybridized carbons (Fsp3) is 0.350. The molecule has 1 amide bonds. The molecule has 1 aliphatic heterocycles. The number of ether oxygens (including phenoxy) is 1. The van der Waals surface area contributed by atoms with Gasteiger partial charge in [0, 0.05) is 19.7 Å². The molecule has 28 heavy (non-hydrogen) atoms. The molecule has 0 N–H and O–H groups in total. The van der Waals surface area contributed by atoms with Gasteiger partial charge in [-0.3, -0.25) is 14.8 Å². The smallest absolute Gasteiger partial charge is 0.292 e. The van der Waals surface area contributed by atoms with E-state index in [1.807, 2.05) is 13.0 Å². The number of carbonyl (C=O) groups excluding carboxylic acids is 1. The Morgan fingerprint density at radius 3 is 2.82 bits per heavy atom. The fourth-order valence-electron chi connectivity index (χ4n) is 3.44.